The van der Waals surface area contributed by atoms with E-state index in [1.165, 1.54) is 36.7 Å². The molecular weight excluding hydrogens is 488 g/mol. The third-order valence-corrected chi connectivity index (χ3v) is 10.0. The monoisotopic (exact) mass is 522 g/mol. The van der Waals surface area contributed by atoms with Gasteiger partial charge in [0.15, 0.2) is 5.69 Å². The number of aromatic nitrogens is 2. The van der Waals surface area contributed by atoms with E-state index >= 15 is 0 Å². The molecule has 4 rings (SSSR count). The lowest BCUT2D eigenvalue weighted by Gasteiger charge is -2.41. The molecule has 192 valence electrons. The second-order valence-electron chi connectivity index (χ2n) is 9.28. The minimum atomic E-state index is -3.98. The number of carbonyl (C=O) groups is 2. The Morgan fingerprint density at radius 3 is 2.26 bits per heavy atom. The summed E-state index contributed by atoms with van der Waals surface area (Å²) in [4.78, 5) is 31.5. The van der Waals surface area contributed by atoms with Gasteiger partial charge in [0.1, 0.15) is 4.21 Å². The predicted octanol–water partition coefficient (Wildman–Crippen LogP) is 4.99. The van der Waals surface area contributed by atoms with Crippen molar-refractivity contribution in [2.24, 2.45) is 7.05 Å². The summed E-state index contributed by atoms with van der Waals surface area (Å²) in [5.74, 6) is -0.672. The number of hydrogen-bond acceptors (Lipinski definition) is 7. The Morgan fingerprint density at radius 2 is 1.69 bits per heavy atom. The van der Waals surface area contributed by atoms with E-state index in [-0.39, 0.29) is 39.8 Å². The van der Waals surface area contributed by atoms with Crippen molar-refractivity contribution in [2.75, 3.05) is 11.9 Å². The fourth-order valence-electron chi connectivity index (χ4n) is 5.14. The molecule has 2 aliphatic rings. The number of carbonyl (C=O) groups excluding carboxylic acids is 2. The molecule has 2 saturated carbocycles. The van der Waals surface area contributed by atoms with Crippen LogP contribution >= 0.6 is 11.3 Å². The second-order valence-corrected chi connectivity index (χ2v) is 12.4. The van der Waals surface area contributed by atoms with Gasteiger partial charge in [-0.15, -0.1) is 11.3 Å². The normalized spacial score (nSPS) is 17.8. The smallest absolute Gasteiger partial charge is 0.358 e. The second kappa shape index (κ2) is 11.1. The van der Waals surface area contributed by atoms with Crippen molar-refractivity contribution < 1.29 is 22.7 Å². The molecule has 0 aromatic carbocycles. The van der Waals surface area contributed by atoms with Gasteiger partial charge in [-0.3, -0.25) is 5.32 Å². The number of sulfone groups is 1. The van der Waals surface area contributed by atoms with Crippen LogP contribution in [-0.2, 0) is 21.6 Å². The van der Waals surface area contributed by atoms with Crippen LogP contribution in [0, 0.1) is 0 Å². The van der Waals surface area contributed by atoms with Crippen molar-refractivity contribution in [3.8, 4) is 0 Å². The number of imidazole rings is 1. The van der Waals surface area contributed by atoms with Crippen LogP contribution in [0.5, 0.6) is 0 Å². The first kappa shape index (κ1) is 25.7. The molecule has 0 saturated heterocycles. The number of thiophene rings is 1. The van der Waals surface area contributed by atoms with Gasteiger partial charge in [0.05, 0.1) is 11.6 Å². The summed E-state index contributed by atoms with van der Waals surface area (Å²) >= 11 is 0.994. The first-order valence-electron chi connectivity index (χ1n) is 12.5. The van der Waals surface area contributed by atoms with E-state index in [1.54, 1.807) is 13.0 Å². The van der Waals surface area contributed by atoms with Crippen LogP contribution in [0.3, 0.4) is 0 Å². The maximum atomic E-state index is 13.4. The molecule has 9 nitrogen and oxygen atoms in total. The average molecular weight is 523 g/mol. The van der Waals surface area contributed by atoms with E-state index in [4.69, 9.17) is 4.74 Å². The zero-order valence-electron chi connectivity index (χ0n) is 20.4. The van der Waals surface area contributed by atoms with E-state index in [0.717, 1.165) is 62.7 Å². The van der Waals surface area contributed by atoms with Gasteiger partial charge < -0.3 is 14.2 Å². The number of nitrogens with zero attached hydrogens (tertiary/aromatic N) is 3. The first-order chi connectivity index (χ1) is 16.8. The molecule has 2 aromatic heterocycles. The number of rotatable bonds is 7. The molecule has 35 heavy (non-hydrogen) atoms. The molecule has 2 heterocycles. The van der Waals surface area contributed by atoms with Gasteiger partial charge >= 0.3 is 12.0 Å². The van der Waals surface area contributed by atoms with Crippen LogP contribution in [0.2, 0.25) is 0 Å². The molecule has 2 aromatic rings. The zero-order chi connectivity index (χ0) is 25.0. The Labute approximate surface area is 210 Å². The number of esters is 1. The number of amides is 2. The molecule has 0 atom stereocenters. The Morgan fingerprint density at radius 1 is 1.09 bits per heavy atom. The molecular formula is C24H34N4O5S2. The van der Waals surface area contributed by atoms with Crippen molar-refractivity contribution in [2.45, 2.75) is 92.6 Å². The summed E-state index contributed by atoms with van der Waals surface area (Å²) in [5.41, 5.74) is -0.0615. The summed E-state index contributed by atoms with van der Waals surface area (Å²) in [6.45, 7) is 1.84. The number of ether oxygens (including phenoxy) is 1. The van der Waals surface area contributed by atoms with Gasteiger partial charge in [-0.1, -0.05) is 38.5 Å². The van der Waals surface area contributed by atoms with Crippen LogP contribution in [0.1, 0.15) is 81.6 Å². The van der Waals surface area contributed by atoms with Crippen LogP contribution in [0.25, 0.3) is 0 Å². The fraction of sp³-hybridized carbons (Fsp3) is 0.625. The molecule has 2 amide bonds. The van der Waals surface area contributed by atoms with E-state index in [2.05, 4.69) is 15.2 Å². The summed E-state index contributed by atoms with van der Waals surface area (Å²) in [6, 6.07) is 3.42. The third kappa shape index (κ3) is 5.72. The van der Waals surface area contributed by atoms with Crippen molar-refractivity contribution in [3.63, 3.8) is 0 Å². The lowest BCUT2D eigenvalue weighted by Crippen LogP contribution is -2.50. The third-order valence-electron chi connectivity index (χ3n) is 6.81. The number of nitrogens with one attached hydrogen (secondary N) is 1. The number of aryl methyl sites for hydroxylation is 1. The molecule has 11 heteroatoms. The molecule has 0 aliphatic heterocycles. The maximum Gasteiger partial charge on any atom is 0.358 e. The summed E-state index contributed by atoms with van der Waals surface area (Å²) in [6.07, 6.45) is 12.4. The van der Waals surface area contributed by atoms with Crippen LogP contribution in [0.15, 0.2) is 27.7 Å². The number of hydrogen-bond donors (Lipinski definition) is 1. The standard InChI is InChI=1S/C24H34N4O5S2/c1-3-33-22(29)19-16-27(2)24(25-19)35(31,32)21-15-14-20(34-21)26-23(30)28(17-10-6-4-7-11-17)18-12-8-5-9-13-18/h14-18H,3-13H2,1-2H3,(H,26,30). The highest BCUT2D eigenvalue weighted by Gasteiger charge is 2.33. The maximum absolute atomic E-state index is 13.4. The number of urea groups is 1. The lowest BCUT2D eigenvalue weighted by atomic mass is 9.89. The summed E-state index contributed by atoms with van der Waals surface area (Å²) in [5, 5.41) is 3.21. The van der Waals surface area contributed by atoms with Gasteiger partial charge in [0, 0.05) is 25.3 Å². The molecule has 2 aliphatic carbocycles. The van der Waals surface area contributed by atoms with Crippen molar-refractivity contribution >= 4 is 38.2 Å². The van der Waals surface area contributed by atoms with Gasteiger partial charge in [-0.2, -0.15) is 0 Å². The molecule has 0 unspecified atom stereocenters. The average Bonchev–Trinajstić information content (AvgIpc) is 3.48. The molecule has 0 bridgehead atoms. The van der Waals surface area contributed by atoms with Gasteiger partial charge in [0.2, 0.25) is 15.0 Å². The Balaban J connectivity index is 1.52. The lowest BCUT2D eigenvalue weighted by molar-refractivity contribution is 0.0519. The number of anilines is 1. The molecule has 2 fully saturated rings. The van der Waals surface area contributed by atoms with Crippen LogP contribution in [-0.4, -0.2) is 53.6 Å². The van der Waals surface area contributed by atoms with Crippen molar-refractivity contribution in [3.05, 3.63) is 24.0 Å². The van der Waals surface area contributed by atoms with Gasteiger partial charge in [-0.05, 0) is 44.7 Å². The molecule has 0 radical (unpaired) electrons. The quantitative estimate of drug-likeness (QED) is 0.513. The zero-order valence-corrected chi connectivity index (χ0v) is 22.0. The molecule has 1 N–H and O–H groups in total. The van der Waals surface area contributed by atoms with Crippen molar-refractivity contribution in [1.29, 1.82) is 0 Å². The minimum absolute atomic E-state index is 0.0544. The largest absolute Gasteiger partial charge is 0.461 e. The minimum Gasteiger partial charge on any atom is -0.461 e. The van der Waals surface area contributed by atoms with E-state index in [0.29, 0.717) is 5.00 Å². The fourth-order valence-corrected chi connectivity index (χ4v) is 7.78. The topological polar surface area (TPSA) is 111 Å². The first-order valence-corrected chi connectivity index (χ1v) is 14.8. The Kier molecular flexibility index (Phi) is 8.16. The van der Waals surface area contributed by atoms with Gasteiger partial charge in [-0.25, -0.2) is 23.0 Å². The van der Waals surface area contributed by atoms with E-state index < -0.39 is 15.8 Å². The van der Waals surface area contributed by atoms with E-state index in [9.17, 15) is 18.0 Å². The SMILES string of the molecule is CCOC(=O)c1cn(C)c(S(=O)(=O)c2ccc(NC(=O)N(C3CCCCC3)C3CCCCC3)s2)n1. The molecule has 0 spiro atoms. The summed E-state index contributed by atoms with van der Waals surface area (Å²) in [7, 11) is -2.46. The van der Waals surface area contributed by atoms with Crippen LogP contribution < -0.4 is 5.32 Å². The highest BCUT2D eigenvalue weighted by Crippen LogP contribution is 2.33. The highest BCUT2D eigenvalue weighted by atomic mass is 32.2. The highest BCUT2D eigenvalue weighted by molar-refractivity contribution is 7.93. The Hall–Kier alpha value is -2.40. The van der Waals surface area contributed by atoms with Gasteiger partial charge in [0.25, 0.3) is 0 Å². The van der Waals surface area contributed by atoms with E-state index in [1.807, 2.05) is 0 Å². The summed E-state index contributed by atoms with van der Waals surface area (Å²) < 4.78 is 32.7. The van der Waals surface area contributed by atoms with Crippen molar-refractivity contribution in [1.82, 2.24) is 14.5 Å². The Bertz CT molecular complexity index is 1130. The van der Waals surface area contributed by atoms with Crippen LogP contribution in [0.4, 0.5) is 9.80 Å². The predicted molar refractivity (Wildman–Crippen MR) is 134 cm³/mol.